The van der Waals surface area contributed by atoms with Crippen molar-refractivity contribution >= 4 is 33.4 Å². The number of carboxylic acid groups (broad SMARTS) is 1. The number of nitrogens with zero attached hydrogens (tertiary/aromatic N) is 1. The minimum atomic E-state index is -1.19. The van der Waals surface area contributed by atoms with Gasteiger partial charge < -0.3 is 10.4 Å². The average molecular weight is 517 g/mol. The summed E-state index contributed by atoms with van der Waals surface area (Å²) in [5.74, 6) is 2.02. The molecule has 4 aliphatic carbocycles. The molecule has 3 aromatic rings. The maximum absolute atomic E-state index is 14.1. The van der Waals surface area contributed by atoms with Crippen LogP contribution >= 0.6 is 11.3 Å². The number of fused-ring (bicyclic) bond motifs is 1. The summed E-state index contributed by atoms with van der Waals surface area (Å²) in [7, 11) is 0. The number of nitrogens with one attached hydrogen (secondary N) is 1. The Morgan fingerprint density at radius 3 is 2.30 bits per heavy atom. The Labute approximate surface area is 222 Å². The molecule has 194 valence electrons. The zero-order valence-corrected chi connectivity index (χ0v) is 22.3. The van der Waals surface area contributed by atoms with Crippen molar-refractivity contribution in [2.24, 2.45) is 23.7 Å². The molecule has 4 bridgehead atoms. The summed E-state index contributed by atoms with van der Waals surface area (Å²) in [5.41, 5.74) is 1.02. The number of hydrogen-bond donors (Lipinski definition) is 2. The van der Waals surface area contributed by atoms with E-state index in [0.29, 0.717) is 24.8 Å². The highest BCUT2D eigenvalue weighted by Gasteiger charge is 2.56. The van der Waals surface area contributed by atoms with Crippen molar-refractivity contribution in [3.05, 3.63) is 71.1 Å². The standard InChI is InChI=1S/C31H36N2O3S/c1-31(18-25-19-37-27-10-6-5-9-26(25)27,29(34)32-12-11-20-7-3-2-4-8-20)33(30(35)36)28-23-14-21-13-22(16-23)17-24(28)15-21/h2-10,19,21-24,28H,11-18H2,1H3,(H,32,34)(H,35,36). The predicted molar refractivity (Wildman–Crippen MR) is 148 cm³/mol. The summed E-state index contributed by atoms with van der Waals surface area (Å²) >= 11 is 1.66. The Morgan fingerprint density at radius 2 is 1.62 bits per heavy atom. The second-order valence-corrected chi connectivity index (χ2v) is 12.7. The third-order valence-electron chi connectivity index (χ3n) is 9.34. The van der Waals surface area contributed by atoms with Crippen LogP contribution in [0, 0.1) is 23.7 Å². The number of carbonyl (C=O) groups is 2. The summed E-state index contributed by atoms with van der Waals surface area (Å²) in [6.45, 7) is 2.36. The fraction of sp³-hybridized carbons (Fsp3) is 0.484. The Bertz CT molecular complexity index is 1260. The number of hydrogen-bond acceptors (Lipinski definition) is 3. The lowest BCUT2D eigenvalue weighted by Gasteiger charge is -2.59. The molecule has 0 saturated heterocycles. The van der Waals surface area contributed by atoms with Crippen molar-refractivity contribution in [3.63, 3.8) is 0 Å². The molecule has 1 heterocycles. The first-order chi connectivity index (χ1) is 17.9. The van der Waals surface area contributed by atoms with Gasteiger partial charge in [0.15, 0.2) is 0 Å². The lowest BCUT2D eigenvalue weighted by molar-refractivity contribution is -0.140. The Balaban J connectivity index is 1.33. The van der Waals surface area contributed by atoms with Gasteiger partial charge in [-0.05, 0) is 97.1 Å². The fourth-order valence-electron chi connectivity index (χ4n) is 7.96. The third-order valence-corrected chi connectivity index (χ3v) is 10.4. The third kappa shape index (κ3) is 4.54. The highest BCUT2D eigenvalue weighted by molar-refractivity contribution is 7.17. The molecule has 1 atom stereocenters. The lowest BCUT2D eigenvalue weighted by atomic mass is 9.53. The maximum atomic E-state index is 14.1. The molecular formula is C31H36N2O3S. The molecular weight excluding hydrogens is 480 g/mol. The lowest BCUT2D eigenvalue weighted by Crippen LogP contribution is -2.68. The monoisotopic (exact) mass is 516 g/mol. The van der Waals surface area contributed by atoms with E-state index >= 15 is 0 Å². The molecule has 0 radical (unpaired) electrons. The van der Waals surface area contributed by atoms with Gasteiger partial charge in [-0.2, -0.15) is 0 Å². The van der Waals surface area contributed by atoms with Crippen molar-refractivity contribution in [3.8, 4) is 0 Å². The number of benzene rings is 2. The van der Waals surface area contributed by atoms with E-state index in [1.165, 1.54) is 11.1 Å². The second kappa shape index (κ2) is 9.79. The minimum Gasteiger partial charge on any atom is -0.465 e. The van der Waals surface area contributed by atoms with Crippen molar-refractivity contribution in [2.45, 2.75) is 63.5 Å². The number of thiophene rings is 1. The van der Waals surface area contributed by atoms with Crippen molar-refractivity contribution in [2.75, 3.05) is 6.54 Å². The molecule has 5 nitrogen and oxygen atoms in total. The molecule has 4 aliphatic rings. The van der Waals surface area contributed by atoms with E-state index in [1.807, 2.05) is 37.3 Å². The molecule has 4 fully saturated rings. The SMILES string of the molecule is CC(Cc1csc2ccccc12)(C(=O)NCCc1ccccc1)N(C(=O)O)C1C2CC3CC(C2)CC1C3. The van der Waals surface area contributed by atoms with Gasteiger partial charge in [0.2, 0.25) is 5.91 Å². The van der Waals surface area contributed by atoms with Crippen molar-refractivity contribution in [1.82, 2.24) is 10.2 Å². The molecule has 0 spiro atoms. The van der Waals surface area contributed by atoms with Crippen molar-refractivity contribution < 1.29 is 14.7 Å². The smallest absolute Gasteiger partial charge is 0.408 e. The first-order valence-electron chi connectivity index (χ1n) is 13.7. The van der Waals surface area contributed by atoms with Crippen LogP contribution in [0.25, 0.3) is 10.1 Å². The Morgan fingerprint density at radius 1 is 0.973 bits per heavy atom. The molecule has 0 aliphatic heterocycles. The first-order valence-corrected chi connectivity index (χ1v) is 14.6. The molecule has 1 aromatic heterocycles. The second-order valence-electron chi connectivity index (χ2n) is 11.8. The van der Waals surface area contributed by atoms with Crippen LogP contribution in [0.3, 0.4) is 0 Å². The Hall–Kier alpha value is -2.86. The molecule has 6 heteroatoms. The van der Waals surface area contributed by atoms with Gasteiger partial charge in [0, 0.05) is 23.7 Å². The highest BCUT2D eigenvalue weighted by Crippen LogP contribution is 2.56. The quantitative estimate of drug-likeness (QED) is 0.366. The first kappa shape index (κ1) is 24.5. The average Bonchev–Trinajstić information content (AvgIpc) is 3.28. The van der Waals surface area contributed by atoms with Gasteiger partial charge in [-0.25, -0.2) is 4.79 Å². The molecule has 37 heavy (non-hydrogen) atoms. The van der Waals surface area contributed by atoms with E-state index in [1.54, 1.807) is 16.2 Å². The highest BCUT2D eigenvalue weighted by atomic mass is 32.1. The summed E-state index contributed by atoms with van der Waals surface area (Å²) in [6.07, 6.45) is 5.87. The van der Waals surface area contributed by atoms with Crippen LogP contribution in [0.2, 0.25) is 0 Å². The normalized spacial score (nSPS) is 27.6. The van der Waals surface area contributed by atoms with E-state index in [9.17, 15) is 14.7 Å². The molecule has 1 unspecified atom stereocenters. The van der Waals surface area contributed by atoms with Crippen LogP contribution in [0.1, 0.15) is 50.2 Å². The van der Waals surface area contributed by atoms with E-state index in [2.05, 4.69) is 35.0 Å². The van der Waals surface area contributed by atoms with Crippen LogP contribution in [0.15, 0.2) is 60.0 Å². The van der Waals surface area contributed by atoms with Crippen LogP contribution in [-0.4, -0.2) is 40.1 Å². The largest absolute Gasteiger partial charge is 0.465 e. The van der Waals surface area contributed by atoms with E-state index in [0.717, 1.165) is 60.5 Å². The molecule has 4 saturated carbocycles. The number of carbonyl (C=O) groups excluding carboxylic acids is 1. The zero-order valence-electron chi connectivity index (χ0n) is 21.4. The number of amides is 2. The topological polar surface area (TPSA) is 69.6 Å². The van der Waals surface area contributed by atoms with Gasteiger partial charge >= 0.3 is 6.09 Å². The van der Waals surface area contributed by atoms with Gasteiger partial charge in [-0.1, -0.05) is 48.5 Å². The van der Waals surface area contributed by atoms with Gasteiger partial charge in [0.1, 0.15) is 5.54 Å². The summed E-state index contributed by atoms with van der Waals surface area (Å²) in [4.78, 5) is 28.8. The molecule has 2 aromatic carbocycles. The van der Waals surface area contributed by atoms with Gasteiger partial charge in [0.05, 0.1) is 0 Å². The van der Waals surface area contributed by atoms with Gasteiger partial charge in [-0.15, -0.1) is 11.3 Å². The van der Waals surface area contributed by atoms with E-state index in [-0.39, 0.29) is 11.9 Å². The van der Waals surface area contributed by atoms with Crippen LogP contribution in [0.4, 0.5) is 4.79 Å². The van der Waals surface area contributed by atoms with Crippen molar-refractivity contribution in [1.29, 1.82) is 0 Å². The van der Waals surface area contributed by atoms with Crippen LogP contribution in [-0.2, 0) is 17.6 Å². The van der Waals surface area contributed by atoms with Crippen LogP contribution in [0.5, 0.6) is 0 Å². The van der Waals surface area contributed by atoms with Gasteiger partial charge in [-0.3, -0.25) is 9.69 Å². The zero-order chi connectivity index (χ0) is 25.6. The fourth-order valence-corrected chi connectivity index (χ4v) is 8.92. The summed E-state index contributed by atoms with van der Waals surface area (Å²) in [6, 6.07) is 18.2. The molecule has 2 N–H and O–H groups in total. The molecule has 7 rings (SSSR count). The summed E-state index contributed by atoms with van der Waals surface area (Å²) < 4.78 is 1.17. The number of rotatable bonds is 8. The minimum absolute atomic E-state index is 0.0833. The Kier molecular flexibility index (Phi) is 6.47. The van der Waals surface area contributed by atoms with Crippen LogP contribution < -0.4 is 5.32 Å². The summed E-state index contributed by atoms with van der Waals surface area (Å²) in [5, 5.41) is 17.1. The maximum Gasteiger partial charge on any atom is 0.408 e. The predicted octanol–water partition coefficient (Wildman–Crippen LogP) is 6.37. The van der Waals surface area contributed by atoms with E-state index < -0.39 is 11.6 Å². The molecule has 2 amide bonds. The van der Waals surface area contributed by atoms with Gasteiger partial charge in [0.25, 0.3) is 0 Å². The van der Waals surface area contributed by atoms with E-state index in [4.69, 9.17) is 0 Å².